The van der Waals surface area contributed by atoms with Crippen LogP contribution in [0.1, 0.15) is 0 Å². The van der Waals surface area contributed by atoms with E-state index in [4.69, 9.17) is 15.4 Å². The van der Waals surface area contributed by atoms with Crippen LogP contribution in [0.2, 0.25) is 0 Å². The average Bonchev–Trinajstić information content (AvgIpc) is 2.66. The average molecular weight is 289 g/mol. The number of aliphatic hydroxyl groups is 2. The first-order valence-corrected chi connectivity index (χ1v) is 5.30. The minimum atomic E-state index is -1.78. The monoisotopic (exact) mass is 289 g/mol. The van der Waals surface area contributed by atoms with Gasteiger partial charge in [-0.2, -0.15) is 0 Å². The van der Waals surface area contributed by atoms with Crippen LogP contribution in [0.5, 0.6) is 0 Å². The number of nitroso groups, excluding NO2 is 1. The molecule has 5 atom stereocenters. The lowest BCUT2D eigenvalue weighted by atomic mass is 10.0. The highest BCUT2D eigenvalue weighted by Gasteiger charge is 2.49. The Kier molecular flexibility index (Phi) is 5.34. The molecular formula is C8H11N5O7. The molecule has 110 valence electrons. The number of ether oxygens (including phenoxy) is 1. The first kappa shape index (κ1) is 15.8. The fraction of sp³-hybridized carbons (Fsp3) is 0.750. The standard InChI is InChI=1S/C8H11N5O7/c9-13-11-3-5(16)8(18)20-6(3)4(12-19)7(17)10-1-2(14)15/h3-6,8,16,18H,1H2,(H,10,17)(H,14,15)/t3-,4+,5+,6-,8-/m0/s1. The van der Waals surface area contributed by atoms with Gasteiger partial charge in [-0.3, -0.25) is 9.59 Å². The Morgan fingerprint density at radius 3 is 2.60 bits per heavy atom. The SMILES string of the molecule is [N-]=[N+]=N[C@H]1[C@@H](O)[C@@H](O)O[C@@H]1[C@@H](N=O)C(=O)NCC(=O)O. The fourth-order valence-corrected chi connectivity index (χ4v) is 1.66. The summed E-state index contributed by atoms with van der Waals surface area (Å²) >= 11 is 0. The molecule has 1 rings (SSSR count). The van der Waals surface area contributed by atoms with Crippen LogP contribution in [0.3, 0.4) is 0 Å². The number of amides is 1. The van der Waals surface area contributed by atoms with E-state index in [0.717, 1.165) is 0 Å². The van der Waals surface area contributed by atoms with Crippen LogP contribution in [0.15, 0.2) is 10.3 Å². The zero-order valence-corrected chi connectivity index (χ0v) is 9.86. The molecule has 0 unspecified atom stereocenters. The third kappa shape index (κ3) is 3.39. The number of nitrogens with zero attached hydrogens (tertiary/aromatic N) is 4. The molecule has 4 N–H and O–H groups in total. The molecule has 0 aromatic heterocycles. The van der Waals surface area contributed by atoms with Crippen LogP contribution in [-0.2, 0) is 14.3 Å². The van der Waals surface area contributed by atoms with E-state index in [1.807, 2.05) is 5.32 Å². The molecule has 0 saturated carbocycles. The Labute approximate surface area is 110 Å². The Hall–Kier alpha value is -2.27. The summed E-state index contributed by atoms with van der Waals surface area (Å²) in [6.45, 7) is -0.755. The van der Waals surface area contributed by atoms with Gasteiger partial charge in [-0.1, -0.05) is 10.3 Å². The second kappa shape index (κ2) is 6.77. The number of aliphatic hydroxyl groups excluding tert-OH is 2. The molecule has 0 aromatic carbocycles. The lowest BCUT2D eigenvalue weighted by Crippen LogP contribution is -2.46. The molecule has 0 radical (unpaired) electrons. The normalized spacial score (nSPS) is 30.1. The van der Waals surface area contributed by atoms with Crippen LogP contribution < -0.4 is 5.32 Å². The molecule has 0 aromatic rings. The summed E-state index contributed by atoms with van der Waals surface area (Å²) in [5.74, 6) is -2.44. The van der Waals surface area contributed by atoms with Crippen molar-refractivity contribution >= 4 is 11.9 Å². The van der Waals surface area contributed by atoms with E-state index in [9.17, 15) is 24.7 Å². The van der Waals surface area contributed by atoms with Crippen molar-refractivity contribution in [1.82, 2.24) is 5.32 Å². The van der Waals surface area contributed by atoms with Crippen molar-refractivity contribution in [2.45, 2.75) is 30.6 Å². The first-order valence-electron chi connectivity index (χ1n) is 5.30. The van der Waals surface area contributed by atoms with E-state index in [2.05, 4.69) is 15.2 Å². The quantitative estimate of drug-likeness (QED) is 0.189. The maximum Gasteiger partial charge on any atom is 0.322 e. The molecule has 20 heavy (non-hydrogen) atoms. The van der Waals surface area contributed by atoms with Gasteiger partial charge in [0.15, 0.2) is 12.3 Å². The number of carbonyl (C=O) groups is 2. The van der Waals surface area contributed by atoms with E-state index in [0.29, 0.717) is 0 Å². The maximum atomic E-state index is 11.6. The van der Waals surface area contributed by atoms with Gasteiger partial charge >= 0.3 is 5.97 Å². The number of aliphatic carboxylic acids is 1. The molecule has 1 amide bonds. The summed E-state index contributed by atoms with van der Waals surface area (Å²) in [7, 11) is 0. The molecular weight excluding hydrogens is 278 g/mol. The van der Waals surface area contributed by atoms with Crippen LogP contribution >= 0.6 is 0 Å². The van der Waals surface area contributed by atoms with Gasteiger partial charge in [-0.15, -0.1) is 4.91 Å². The highest BCUT2D eigenvalue weighted by molar-refractivity contribution is 5.86. The van der Waals surface area contributed by atoms with Gasteiger partial charge < -0.3 is 25.4 Å². The number of carboxylic acid groups (broad SMARTS) is 1. The van der Waals surface area contributed by atoms with Crippen LogP contribution in [-0.4, -0.2) is 64.3 Å². The number of rotatable bonds is 6. The number of hydrogen-bond donors (Lipinski definition) is 4. The van der Waals surface area contributed by atoms with Crippen LogP contribution in [0.25, 0.3) is 10.4 Å². The maximum absolute atomic E-state index is 11.6. The van der Waals surface area contributed by atoms with Crippen molar-refractivity contribution in [1.29, 1.82) is 0 Å². The smallest absolute Gasteiger partial charge is 0.322 e. The van der Waals surface area contributed by atoms with Gasteiger partial charge in [-0.25, -0.2) is 0 Å². The summed E-state index contributed by atoms with van der Waals surface area (Å²) < 4.78 is 4.76. The Bertz CT molecular complexity index is 450. The summed E-state index contributed by atoms with van der Waals surface area (Å²) in [6, 6.07) is -3.19. The lowest BCUT2D eigenvalue weighted by molar-refractivity contribution is -0.143. The van der Waals surface area contributed by atoms with Crippen LogP contribution in [0, 0.1) is 4.91 Å². The Morgan fingerprint density at radius 1 is 1.45 bits per heavy atom. The van der Waals surface area contributed by atoms with E-state index in [-0.39, 0.29) is 0 Å². The lowest BCUT2D eigenvalue weighted by Gasteiger charge is -2.18. The molecule has 0 bridgehead atoms. The van der Waals surface area contributed by atoms with E-state index in [1.165, 1.54) is 0 Å². The van der Waals surface area contributed by atoms with Crippen molar-refractivity contribution in [3.8, 4) is 0 Å². The number of carboxylic acids is 1. The first-order chi connectivity index (χ1) is 9.42. The largest absolute Gasteiger partial charge is 0.480 e. The third-order valence-electron chi connectivity index (χ3n) is 2.57. The van der Waals surface area contributed by atoms with Gasteiger partial charge in [0, 0.05) is 4.91 Å². The number of nitrogens with one attached hydrogen (secondary N) is 1. The topological polar surface area (TPSA) is 194 Å². The molecule has 12 heteroatoms. The zero-order valence-electron chi connectivity index (χ0n) is 9.86. The number of hydrogen-bond acceptors (Lipinski definition) is 8. The van der Waals surface area contributed by atoms with Gasteiger partial charge in [0.1, 0.15) is 18.8 Å². The summed E-state index contributed by atoms with van der Waals surface area (Å²) in [5.41, 5.74) is 8.34. The number of carbonyl (C=O) groups excluding carboxylic acids is 1. The minimum Gasteiger partial charge on any atom is -0.480 e. The van der Waals surface area contributed by atoms with Crippen LogP contribution in [0.4, 0.5) is 0 Å². The summed E-state index contributed by atoms with van der Waals surface area (Å²) in [6.07, 6.45) is -4.89. The van der Waals surface area contributed by atoms with Crippen molar-refractivity contribution in [3.63, 3.8) is 0 Å². The minimum absolute atomic E-state index is 0.755. The molecule has 1 aliphatic heterocycles. The predicted octanol–water partition coefficient (Wildman–Crippen LogP) is -1.92. The highest BCUT2D eigenvalue weighted by Crippen LogP contribution is 2.26. The molecule has 1 saturated heterocycles. The van der Waals surface area contributed by atoms with Crippen molar-refractivity contribution in [3.05, 3.63) is 15.3 Å². The molecule has 1 heterocycles. The van der Waals surface area contributed by atoms with Gasteiger partial charge in [0.25, 0.3) is 5.91 Å². The highest BCUT2D eigenvalue weighted by atomic mass is 16.6. The molecule has 1 aliphatic rings. The van der Waals surface area contributed by atoms with E-state index < -0.39 is 49.0 Å². The second-order valence-corrected chi connectivity index (χ2v) is 3.84. The van der Waals surface area contributed by atoms with Crippen molar-refractivity contribution in [2.24, 2.45) is 10.3 Å². The second-order valence-electron chi connectivity index (χ2n) is 3.84. The van der Waals surface area contributed by atoms with Gasteiger partial charge in [0.2, 0.25) is 0 Å². The fourth-order valence-electron chi connectivity index (χ4n) is 1.66. The Morgan fingerprint density at radius 2 is 2.10 bits per heavy atom. The third-order valence-corrected chi connectivity index (χ3v) is 2.57. The van der Waals surface area contributed by atoms with Gasteiger partial charge in [-0.05, 0) is 5.53 Å². The molecule has 0 spiro atoms. The summed E-state index contributed by atoms with van der Waals surface area (Å²) in [4.78, 5) is 35.0. The summed E-state index contributed by atoms with van der Waals surface area (Å²) in [5, 5.41) is 34.7. The van der Waals surface area contributed by atoms with Crippen molar-refractivity contribution in [2.75, 3.05) is 6.54 Å². The van der Waals surface area contributed by atoms with Gasteiger partial charge in [0.05, 0.1) is 6.04 Å². The Balaban J connectivity index is 2.87. The predicted molar refractivity (Wildman–Crippen MR) is 60.0 cm³/mol. The molecule has 12 nitrogen and oxygen atoms in total. The van der Waals surface area contributed by atoms with E-state index >= 15 is 0 Å². The molecule has 1 fully saturated rings. The van der Waals surface area contributed by atoms with E-state index in [1.54, 1.807) is 0 Å². The van der Waals surface area contributed by atoms with Crippen molar-refractivity contribution < 1.29 is 29.6 Å². The number of azide groups is 1. The zero-order chi connectivity index (χ0) is 15.3. The molecule has 0 aliphatic carbocycles.